The van der Waals surface area contributed by atoms with Gasteiger partial charge in [-0.15, -0.1) is 0 Å². The van der Waals surface area contributed by atoms with Crippen molar-refractivity contribution in [3.8, 4) is 0 Å². The summed E-state index contributed by atoms with van der Waals surface area (Å²) >= 11 is 0. The summed E-state index contributed by atoms with van der Waals surface area (Å²) in [5.41, 5.74) is 4.45. The smallest absolute Gasteiger partial charge is 0.309 e. The molecule has 0 radical (unpaired) electrons. The molecule has 92 valence electrons. The van der Waals surface area contributed by atoms with Crippen LogP contribution in [0.5, 0.6) is 0 Å². The predicted molar refractivity (Wildman–Crippen MR) is 66.3 cm³/mol. The minimum absolute atomic E-state index is 0.0126. The minimum atomic E-state index is 0.0126. The van der Waals surface area contributed by atoms with Gasteiger partial charge in [-0.1, -0.05) is 29.7 Å². The summed E-state index contributed by atoms with van der Waals surface area (Å²) in [4.78, 5) is 11.8. The molecule has 0 amide bonds. The van der Waals surface area contributed by atoms with Crippen LogP contribution in [0.1, 0.15) is 40.0 Å². The van der Waals surface area contributed by atoms with Crippen LogP contribution in [-0.4, -0.2) is 12.1 Å². The Labute approximate surface area is 103 Å². The first kappa shape index (κ1) is 11.1. The highest BCUT2D eigenvalue weighted by atomic mass is 16.6. The monoisotopic (exact) mass is 232 g/mol. The molecule has 1 aliphatic heterocycles. The fourth-order valence-electron chi connectivity index (χ4n) is 3.76. The second-order valence-corrected chi connectivity index (χ2v) is 5.83. The Bertz CT molecular complexity index is 430. The zero-order chi connectivity index (χ0) is 12.2. The Hall–Kier alpha value is -1.05. The highest BCUT2D eigenvalue weighted by molar-refractivity contribution is 5.75. The van der Waals surface area contributed by atoms with Crippen LogP contribution in [0.15, 0.2) is 22.8 Å². The maximum atomic E-state index is 11.8. The van der Waals surface area contributed by atoms with Crippen LogP contribution in [-0.2, 0) is 9.53 Å². The summed E-state index contributed by atoms with van der Waals surface area (Å²) in [6, 6.07) is 0. The molecule has 1 saturated heterocycles. The van der Waals surface area contributed by atoms with Crippen LogP contribution in [0.25, 0.3) is 0 Å². The number of hydrogen-bond donors (Lipinski definition) is 0. The van der Waals surface area contributed by atoms with Gasteiger partial charge >= 0.3 is 5.97 Å². The fourth-order valence-corrected chi connectivity index (χ4v) is 3.76. The number of allylic oxidation sites excluding steroid dienone is 2. The van der Waals surface area contributed by atoms with Gasteiger partial charge in [0.2, 0.25) is 0 Å². The predicted octanol–water partition coefficient (Wildman–Crippen LogP) is 3.24. The molecule has 0 saturated carbocycles. The van der Waals surface area contributed by atoms with Gasteiger partial charge in [0.05, 0.1) is 5.92 Å². The van der Waals surface area contributed by atoms with Crippen molar-refractivity contribution in [1.29, 1.82) is 0 Å². The molecule has 0 unspecified atom stereocenters. The van der Waals surface area contributed by atoms with Gasteiger partial charge in [0.1, 0.15) is 6.10 Å². The highest BCUT2D eigenvalue weighted by Crippen LogP contribution is 2.48. The van der Waals surface area contributed by atoms with Gasteiger partial charge in [0.25, 0.3) is 0 Å². The van der Waals surface area contributed by atoms with Crippen molar-refractivity contribution in [2.24, 2.45) is 17.8 Å². The maximum absolute atomic E-state index is 11.8. The van der Waals surface area contributed by atoms with Crippen LogP contribution in [0.3, 0.4) is 0 Å². The summed E-state index contributed by atoms with van der Waals surface area (Å²) < 4.78 is 5.68. The molecule has 3 rings (SSSR count). The van der Waals surface area contributed by atoms with E-state index in [-0.39, 0.29) is 18.0 Å². The van der Waals surface area contributed by atoms with Crippen molar-refractivity contribution in [3.63, 3.8) is 0 Å². The van der Waals surface area contributed by atoms with E-state index in [0.29, 0.717) is 11.8 Å². The molecule has 2 heteroatoms. The van der Waals surface area contributed by atoms with Gasteiger partial charge in [-0.3, -0.25) is 4.79 Å². The summed E-state index contributed by atoms with van der Waals surface area (Å²) in [5.74, 6) is 0.900. The summed E-state index contributed by atoms with van der Waals surface area (Å²) in [5, 5.41) is 0. The third-order valence-electron chi connectivity index (χ3n) is 4.93. The van der Waals surface area contributed by atoms with Crippen LogP contribution in [0.2, 0.25) is 0 Å². The molecule has 0 aromatic rings. The number of carbonyl (C=O) groups excluding carboxylic acids is 1. The Kier molecular flexibility index (Phi) is 2.42. The first-order valence-electron chi connectivity index (χ1n) is 6.65. The molecule has 17 heavy (non-hydrogen) atoms. The molecule has 2 aliphatic carbocycles. The first-order chi connectivity index (χ1) is 8.09. The maximum Gasteiger partial charge on any atom is 0.309 e. The number of carbonyl (C=O) groups is 1. The number of esters is 1. The van der Waals surface area contributed by atoms with E-state index in [9.17, 15) is 4.79 Å². The van der Waals surface area contributed by atoms with Crippen molar-refractivity contribution < 1.29 is 9.53 Å². The van der Waals surface area contributed by atoms with E-state index >= 15 is 0 Å². The second-order valence-electron chi connectivity index (χ2n) is 5.83. The number of ether oxygens (including phenoxy) is 1. The van der Waals surface area contributed by atoms with Gasteiger partial charge in [0, 0.05) is 11.8 Å². The Morgan fingerprint density at radius 3 is 2.88 bits per heavy atom. The third kappa shape index (κ3) is 1.50. The average molecular weight is 232 g/mol. The van der Waals surface area contributed by atoms with Crippen LogP contribution in [0, 0.1) is 17.8 Å². The molecule has 3 aliphatic rings. The van der Waals surface area contributed by atoms with E-state index < -0.39 is 0 Å². The lowest BCUT2D eigenvalue weighted by Gasteiger charge is -2.25. The number of fused-ring (bicyclic) bond motifs is 3. The van der Waals surface area contributed by atoms with Gasteiger partial charge in [0.15, 0.2) is 0 Å². The SMILES string of the molecule is CC1=CCC2=C(C)CC[C@H]3[C@H](OC(=O)[C@@H]3C)[C@@H]12. The van der Waals surface area contributed by atoms with E-state index in [1.807, 2.05) is 6.92 Å². The van der Waals surface area contributed by atoms with E-state index in [1.165, 1.54) is 16.7 Å². The minimum Gasteiger partial charge on any atom is -0.461 e. The Morgan fingerprint density at radius 2 is 2.12 bits per heavy atom. The molecule has 1 fully saturated rings. The summed E-state index contributed by atoms with van der Waals surface area (Å²) in [7, 11) is 0. The molecule has 0 spiro atoms. The number of rotatable bonds is 0. The van der Waals surface area contributed by atoms with E-state index in [0.717, 1.165) is 19.3 Å². The summed E-state index contributed by atoms with van der Waals surface area (Å²) in [6.07, 6.45) is 5.73. The fraction of sp³-hybridized carbons (Fsp3) is 0.667. The Morgan fingerprint density at radius 1 is 1.35 bits per heavy atom. The third-order valence-corrected chi connectivity index (χ3v) is 4.93. The van der Waals surface area contributed by atoms with Crippen molar-refractivity contribution >= 4 is 5.97 Å². The zero-order valence-electron chi connectivity index (χ0n) is 10.8. The van der Waals surface area contributed by atoms with Crippen molar-refractivity contribution in [3.05, 3.63) is 22.8 Å². The lowest BCUT2D eigenvalue weighted by molar-refractivity contribution is -0.144. The molecule has 1 heterocycles. The lowest BCUT2D eigenvalue weighted by Crippen LogP contribution is -2.27. The lowest BCUT2D eigenvalue weighted by atomic mass is 9.81. The van der Waals surface area contributed by atoms with E-state index in [1.54, 1.807) is 0 Å². The molecular weight excluding hydrogens is 212 g/mol. The van der Waals surface area contributed by atoms with Crippen LogP contribution < -0.4 is 0 Å². The molecule has 0 N–H and O–H groups in total. The summed E-state index contributed by atoms with van der Waals surface area (Å²) in [6.45, 7) is 6.47. The Balaban J connectivity index is 2.02. The van der Waals surface area contributed by atoms with E-state index in [4.69, 9.17) is 4.74 Å². The molecule has 0 bridgehead atoms. The van der Waals surface area contributed by atoms with Gasteiger partial charge < -0.3 is 4.74 Å². The van der Waals surface area contributed by atoms with Crippen molar-refractivity contribution in [1.82, 2.24) is 0 Å². The van der Waals surface area contributed by atoms with Gasteiger partial charge in [-0.25, -0.2) is 0 Å². The first-order valence-corrected chi connectivity index (χ1v) is 6.65. The van der Waals surface area contributed by atoms with Gasteiger partial charge in [-0.05, 0) is 33.1 Å². The van der Waals surface area contributed by atoms with Gasteiger partial charge in [-0.2, -0.15) is 0 Å². The number of hydrogen-bond acceptors (Lipinski definition) is 2. The van der Waals surface area contributed by atoms with Crippen LogP contribution in [0.4, 0.5) is 0 Å². The molecular formula is C15H20O2. The molecule has 0 aromatic carbocycles. The molecule has 2 nitrogen and oxygen atoms in total. The molecule has 0 aromatic heterocycles. The zero-order valence-corrected chi connectivity index (χ0v) is 10.8. The normalized spacial score (nSPS) is 40.6. The van der Waals surface area contributed by atoms with Crippen molar-refractivity contribution in [2.75, 3.05) is 0 Å². The standard InChI is InChI=1S/C15H20O2/c1-8-4-7-12-10(3)15(16)17-14(12)13-9(2)5-6-11(8)13/h5,10,12-14H,4,6-7H2,1-3H3/t10-,12-,13+,14+/m1/s1. The largest absolute Gasteiger partial charge is 0.461 e. The van der Waals surface area contributed by atoms with E-state index in [2.05, 4.69) is 19.9 Å². The topological polar surface area (TPSA) is 26.3 Å². The van der Waals surface area contributed by atoms with Crippen LogP contribution >= 0.6 is 0 Å². The second kappa shape index (κ2) is 3.72. The quantitative estimate of drug-likeness (QED) is 0.473. The molecule has 4 atom stereocenters. The highest BCUT2D eigenvalue weighted by Gasteiger charge is 2.48. The van der Waals surface area contributed by atoms with Crippen molar-refractivity contribution in [2.45, 2.75) is 46.1 Å². The average Bonchev–Trinajstić information content (AvgIpc) is 2.75.